The summed E-state index contributed by atoms with van der Waals surface area (Å²) in [6.07, 6.45) is 4.27. The molecule has 0 N–H and O–H groups in total. The molecule has 0 saturated carbocycles. The highest BCUT2D eigenvalue weighted by Crippen LogP contribution is 2.22. The van der Waals surface area contributed by atoms with Crippen LogP contribution in [0.15, 0.2) is 18.3 Å². The molecule has 1 fully saturated rings. The van der Waals surface area contributed by atoms with Crippen LogP contribution in [0.3, 0.4) is 0 Å². The highest BCUT2D eigenvalue weighted by Gasteiger charge is 2.19. The lowest BCUT2D eigenvalue weighted by Crippen LogP contribution is -2.34. The number of anilines is 1. The van der Waals surface area contributed by atoms with E-state index in [1.54, 1.807) is 0 Å². The molecule has 0 aliphatic carbocycles. The molecule has 1 aromatic heterocycles. The van der Waals surface area contributed by atoms with Gasteiger partial charge in [0, 0.05) is 25.2 Å². The first-order chi connectivity index (χ1) is 7.29. The van der Waals surface area contributed by atoms with Crippen LogP contribution in [0.1, 0.15) is 18.4 Å². The van der Waals surface area contributed by atoms with Gasteiger partial charge in [0.15, 0.2) is 0 Å². The highest BCUT2D eigenvalue weighted by atomic mass is 35.5. The number of alkyl halides is 1. The summed E-state index contributed by atoms with van der Waals surface area (Å²) in [5.74, 6) is 2.62. The van der Waals surface area contributed by atoms with Crippen LogP contribution in [-0.2, 0) is 0 Å². The van der Waals surface area contributed by atoms with Crippen LogP contribution >= 0.6 is 11.6 Å². The molecule has 3 heteroatoms. The van der Waals surface area contributed by atoms with Crippen LogP contribution in [0.5, 0.6) is 0 Å². The Morgan fingerprint density at radius 2 is 2.20 bits per heavy atom. The molecule has 82 valence electrons. The van der Waals surface area contributed by atoms with Crippen LogP contribution in [0.2, 0.25) is 0 Å². The molecule has 2 nitrogen and oxygen atoms in total. The number of pyridine rings is 1. The van der Waals surface area contributed by atoms with E-state index in [0.29, 0.717) is 5.92 Å². The van der Waals surface area contributed by atoms with Crippen LogP contribution in [-0.4, -0.2) is 24.0 Å². The zero-order valence-corrected chi connectivity index (χ0v) is 9.87. The van der Waals surface area contributed by atoms with Crippen molar-refractivity contribution in [3.8, 4) is 0 Å². The molecule has 2 rings (SSSR count). The average molecular weight is 225 g/mol. The van der Waals surface area contributed by atoms with E-state index < -0.39 is 0 Å². The minimum absolute atomic E-state index is 0.702. The lowest BCUT2D eigenvalue weighted by molar-refractivity contribution is 0.441. The van der Waals surface area contributed by atoms with E-state index in [2.05, 4.69) is 22.9 Å². The molecule has 1 aliphatic heterocycles. The van der Waals surface area contributed by atoms with E-state index in [1.807, 2.05) is 12.3 Å². The zero-order chi connectivity index (χ0) is 10.7. The second-order valence-corrected chi connectivity index (χ2v) is 4.58. The molecule has 1 aliphatic rings. The summed E-state index contributed by atoms with van der Waals surface area (Å²) in [5.41, 5.74) is 1.28. The maximum Gasteiger partial charge on any atom is 0.128 e. The van der Waals surface area contributed by atoms with Gasteiger partial charge in [-0.2, -0.15) is 0 Å². The molecule has 0 aromatic carbocycles. The van der Waals surface area contributed by atoms with Gasteiger partial charge in [-0.05, 0) is 43.4 Å². The maximum absolute atomic E-state index is 5.87. The predicted molar refractivity (Wildman–Crippen MR) is 64.6 cm³/mol. The first-order valence-corrected chi connectivity index (χ1v) is 6.06. The number of halogens is 1. The van der Waals surface area contributed by atoms with Crippen LogP contribution in [0.25, 0.3) is 0 Å². The minimum atomic E-state index is 0.702. The predicted octanol–water partition coefficient (Wildman–Crippen LogP) is 2.85. The van der Waals surface area contributed by atoms with E-state index in [4.69, 9.17) is 11.6 Å². The first-order valence-electron chi connectivity index (χ1n) is 5.53. The minimum Gasteiger partial charge on any atom is -0.357 e. The maximum atomic E-state index is 5.87. The standard InChI is InChI=1S/C12H17ClN2/c1-10-2-5-14-12(8-10)15-6-3-11(9-13)4-7-15/h2,5,8,11H,3-4,6-7,9H2,1H3. The third-order valence-corrected chi connectivity index (χ3v) is 3.49. The van der Waals surface area contributed by atoms with Gasteiger partial charge in [0.05, 0.1) is 0 Å². The topological polar surface area (TPSA) is 16.1 Å². The van der Waals surface area contributed by atoms with E-state index in [0.717, 1.165) is 24.8 Å². The number of rotatable bonds is 2. The SMILES string of the molecule is Cc1ccnc(N2CCC(CCl)CC2)c1. The fourth-order valence-corrected chi connectivity index (χ4v) is 2.32. The Bertz CT molecular complexity index is 319. The number of aromatic nitrogens is 1. The molecule has 0 unspecified atom stereocenters. The summed E-state index contributed by atoms with van der Waals surface area (Å²) in [7, 11) is 0. The second-order valence-electron chi connectivity index (χ2n) is 4.28. The Hall–Kier alpha value is -0.760. The zero-order valence-electron chi connectivity index (χ0n) is 9.12. The van der Waals surface area contributed by atoms with Gasteiger partial charge in [-0.15, -0.1) is 11.6 Å². The Morgan fingerprint density at radius 1 is 1.47 bits per heavy atom. The van der Waals surface area contributed by atoms with E-state index in [1.165, 1.54) is 18.4 Å². The number of hydrogen-bond donors (Lipinski definition) is 0. The van der Waals surface area contributed by atoms with Crippen molar-refractivity contribution in [2.45, 2.75) is 19.8 Å². The van der Waals surface area contributed by atoms with Crippen molar-refractivity contribution in [1.82, 2.24) is 4.98 Å². The van der Waals surface area contributed by atoms with Gasteiger partial charge in [0.2, 0.25) is 0 Å². The van der Waals surface area contributed by atoms with Gasteiger partial charge < -0.3 is 4.90 Å². The summed E-state index contributed by atoms with van der Waals surface area (Å²) in [5, 5.41) is 0. The van der Waals surface area contributed by atoms with E-state index >= 15 is 0 Å². The van der Waals surface area contributed by atoms with Gasteiger partial charge in [-0.3, -0.25) is 0 Å². The lowest BCUT2D eigenvalue weighted by Gasteiger charge is -2.32. The van der Waals surface area contributed by atoms with Gasteiger partial charge >= 0.3 is 0 Å². The molecule has 0 atom stereocenters. The Kier molecular flexibility index (Phi) is 3.47. The van der Waals surface area contributed by atoms with E-state index in [9.17, 15) is 0 Å². The third kappa shape index (κ3) is 2.63. The Balaban J connectivity index is 2.01. The van der Waals surface area contributed by atoms with Crippen LogP contribution in [0, 0.1) is 12.8 Å². The highest BCUT2D eigenvalue weighted by molar-refractivity contribution is 6.18. The smallest absolute Gasteiger partial charge is 0.128 e. The second kappa shape index (κ2) is 4.84. The van der Waals surface area contributed by atoms with Gasteiger partial charge in [0.25, 0.3) is 0 Å². The summed E-state index contributed by atoms with van der Waals surface area (Å²) < 4.78 is 0. The molecule has 0 amide bonds. The summed E-state index contributed by atoms with van der Waals surface area (Å²) in [6, 6.07) is 4.19. The van der Waals surface area contributed by atoms with Gasteiger partial charge in [0.1, 0.15) is 5.82 Å². The number of aryl methyl sites for hydroxylation is 1. The molecule has 0 radical (unpaired) electrons. The largest absolute Gasteiger partial charge is 0.357 e. The van der Waals surface area contributed by atoms with Gasteiger partial charge in [-0.25, -0.2) is 4.98 Å². The van der Waals surface area contributed by atoms with Crippen molar-refractivity contribution in [2.75, 3.05) is 23.9 Å². The molecule has 0 bridgehead atoms. The fourth-order valence-electron chi connectivity index (χ4n) is 2.01. The van der Waals surface area contributed by atoms with Crippen LogP contribution in [0.4, 0.5) is 5.82 Å². The van der Waals surface area contributed by atoms with Crippen molar-refractivity contribution < 1.29 is 0 Å². The quantitative estimate of drug-likeness (QED) is 0.719. The van der Waals surface area contributed by atoms with Crippen molar-refractivity contribution in [2.24, 2.45) is 5.92 Å². The van der Waals surface area contributed by atoms with Crippen molar-refractivity contribution >= 4 is 17.4 Å². The normalized spacial score (nSPS) is 18.1. The summed E-state index contributed by atoms with van der Waals surface area (Å²) >= 11 is 5.87. The number of piperidine rings is 1. The first kappa shape index (κ1) is 10.7. The summed E-state index contributed by atoms with van der Waals surface area (Å²) in [4.78, 5) is 6.76. The molecular formula is C12H17ClN2. The fraction of sp³-hybridized carbons (Fsp3) is 0.583. The Labute approximate surface area is 96.3 Å². The van der Waals surface area contributed by atoms with Gasteiger partial charge in [-0.1, -0.05) is 0 Å². The van der Waals surface area contributed by atoms with Crippen molar-refractivity contribution in [3.63, 3.8) is 0 Å². The average Bonchev–Trinajstić information content (AvgIpc) is 2.29. The molecule has 0 spiro atoms. The number of nitrogens with zero attached hydrogens (tertiary/aromatic N) is 2. The third-order valence-electron chi connectivity index (χ3n) is 3.06. The van der Waals surface area contributed by atoms with Crippen molar-refractivity contribution in [1.29, 1.82) is 0 Å². The number of hydrogen-bond acceptors (Lipinski definition) is 2. The Morgan fingerprint density at radius 3 is 2.80 bits per heavy atom. The molecule has 2 heterocycles. The molecular weight excluding hydrogens is 208 g/mol. The molecule has 1 aromatic rings. The summed E-state index contributed by atoms with van der Waals surface area (Å²) in [6.45, 7) is 4.29. The molecule has 1 saturated heterocycles. The lowest BCUT2D eigenvalue weighted by atomic mass is 9.99. The molecule has 15 heavy (non-hydrogen) atoms. The van der Waals surface area contributed by atoms with Crippen LogP contribution < -0.4 is 4.90 Å². The van der Waals surface area contributed by atoms with Crippen molar-refractivity contribution in [3.05, 3.63) is 23.9 Å². The van der Waals surface area contributed by atoms with E-state index in [-0.39, 0.29) is 0 Å². The monoisotopic (exact) mass is 224 g/mol.